The third kappa shape index (κ3) is 6.26. The zero-order valence-corrected chi connectivity index (χ0v) is 18.9. The quantitative estimate of drug-likeness (QED) is 0.401. The Kier molecular flexibility index (Phi) is 7.75. The summed E-state index contributed by atoms with van der Waals surface area (Å²) < 4.78 is 27.5. The first-order valence-corrected chi connectivity index (χ1v) is 11.5. The molecular weight excluding hydrogens is 424 g/mol. The second kappa shape index (κ2) is 10.7. The van der Waals surface area contributed by atoms with Crippen molar-refractivity contribution in [2.45, 2.75) is 11.4 Å². The topological polar surface area (TPSA) is 82.1 Å². The minimum absolute atomic E-state index is 0.0706. The van der Waals surface area contributed by atoms with Crippen molar-refractivity contribution >= 4 is 27.8 Å². The number of hydrogen-bond acceptors (Lipinski definition) is 5. The van der Waals surface area contributed by atoms with Gasteiger partial charge in [0, 0.05) is 26.3 Å². The maximum atomic E-state index is 13.2. The third-order valence-corrected chi connectivity index (χ3v) is 6.52. The summed E-state index contributed by atoms with van der Waals surface area (Å²) in [5, 5.41) is 3.97. The first kappa shape index (κ1) is 23.2. The summed E-state index contributed by atoms with van der Waals surface area (Å²) >= 11 is 0. The maximum Gasteiger partial charge on any atom is 0.255 e. The van der Waals surface area contributed by atoms with E-state index in [4.69, 9.17) is 0 Å². The zero-order valence-electron chi connectivity index (χ0n) is 18.0. The summed E-state index contributed by atoms with van der Waals surface area (Å²) in [6, 6.07) is 24.9. The number of hydrogen-bond donors (Lipinski definition) is 1. The molecule has 3 rings (SSSR count). The number of hydrazone groups is 1. The molecule has 8 heteroatoms. The third-order valence-electron chi connectivity index (χ3n) is 4.72. The second-order valence-corrected chi connectivity index (χ2v) is 9.29. The lowest BCUT2D eigenvalue weighted by molar-refractivity contribution is -0.121. The minimum atomic E-state index is -3.87. The highest BCUT2D eigenvalue weighted by Crippen LogP contribution is 2.18. The van der Waals surface area contributed by atoms with Crippen LogP contribution < -0.4 is 10.3 Å². The van der Waals surface area contributed by atoms with Crippen LogP contribution in [-0.4, -0.2) is 45.5 Å². The van der Waals surface area contributed by atoms with Crippen molar-refractivity contribution in [3.05, 3.63) is 96.1 Å². The van der Waals surface area contributed by atoms with Crippen molar-refractivity contribution in [2.75, 3.05) is 25.5 Å². The fourth-order valence-electron chi connectivity index (χ4n) is 2.99. The largest absolute Gasteiger partial charge is 0.378 e. The van der Waals surface area contributed by atoms with Gasteiger partial charge in [-0.3, -0.25) is 4.79 Å². The van der Waals surface area contributed by atoms with Crippen molar-refractivity contribution < 1.29 is 13.2 Å². The van der Waals surface area contributed by atoms with E-state index in [9.17, 15) is 13.2 Å². The van der Waals surface area contributed by atoms with Crippen LogP contribution >= 0.6 is 0 Å². The van der Waals surface area contributed by atoms with Crippen LogP contribution in [-0.2, 0) is 21.4 Å². The number of anilines is 1. The number of amides is 1. The number of nitrogens with one attached hydrogen (secondary N) is 1. The van der Waals surface area contributed by atoms with E-state index < -0.39 is 15.9 Å². The molecule has 0 aliphatic carbocycles. The van der Waals surface area contributed by atoms with Crippen LogP contribution in [0.15, 0.2) is 94.9 Å². The molecule has 0 saturated carbocycles. The van der Waals surface area contributed by atoms with Crippen LogP contribution in [0.1, 0.15) is 11.1 Å². The molecule has 3 aromatic rings. The smallest absolute Gasteiger partial charge is 0.255 e. The van der Waals surface area contributed by atoms with Gasteiger partial charge in [-0.15, -0.1) is 0 Å². The Morgan fingerprint density at radius 1 is 0.906 bits per heavy atom. The molecule has 0 unspecified atom stereocenters. The zero-order chi connectivity index (χ0) is 23.0. The van der Waals surface area contributed by atoms with Crippen LogP contribution in [0, 0.1) is 0 Å². The second-order valence-electron chi connectivity index (χ2n) is 7.35. The molecule has 1 N–H and O–H groups in total. The number of sulfonamides is 1. The van der Waals surface area contributed by atoms with E-state index >= 15 is 0 Å². The molecule has 0 aromatic heterocycles. The molecular formula is C24H26N4O3S. The van der Waals surface area contributed by atoms with Crippen molar-refractivity contribution in [1.29, 1.82) is 0 Å². The van der Waals surface area contributed by atoms with Gasteiger partial charge in [0.2, 0.25) is 10.0 Å². The number of carbonyl (C=O) groups is 1. The maximum absolute atomic E-state index is 13.2. The fourth-order valence-corrected chi connectivity index (χ4v) is 4.39. The van der Waals surface area contributed by atoms with Crippen molar-refractivity contribution in [3.8, 4) is 0 Å². The van der Waals surface area contributed by atoms with E-state index in [-0.39, 0.29) is 18.0 Å². The van der Waals surface area contributed by atoms with Crippen molar-refractivity contribution in [3.63, 3.8) is 0 Å². The van der Waals surface area contributed by atoms with Crippen LogP contribution in [0.3, 0.4) is 0 Å². The minimum Gasteiger partial charge on any atom is -0.378 e. The SMILES string of the molecule is CN(C)c1ccc(/C=N\NC(=O)CN(Cc2ccccc2)S(=O)(=O)c2ccccc2)cc1. The molecule has 0 radical (unpaired) electrons. The Morgan fingerprint density at radius 3 is 2.09 bits per heavy atom. The first-order chi connectivity index (χ1) is 15.4. The number of carbonyl (C=O) groups excluding carboxylic acids is 1. The van der Waals surface area contributed by atoms with Gasteiger partial charge in [-0.25, -0.2) is 13.8 Å². The molecule has 3 aromatic carbocycles. The Balaban J connectivity index is 1.71. The van der Waals surface area contributed by atoms with E-state index in [1.165, 1.54) is 18.3 Å². The molecule has 0 bridgehead atoms. The summed E-state index contributed by atoms with van der Waals surface area (Å²) in [4.78, 5) is 14.6. The first-order valence-electron chi connectivity index (χ1n) is 10.0. The van der Waals surface area contributed by atoms with Crippen LogP contribution in [0.25, 0.3) is 0 Å². The molecule has 1 amide bonds. The Bertz CT molecular complexity index is 1150. The molecule has 7 nitrogen and oxygen atoms in total. The van der Waals surface area contributed by atoms with E-state index in [0.717, 1.165) is 21.1 Å². The summed E-state index contributed by atoms with van der Waals surface area (Å²) in [5.41, 5.74) is 5.07. The average Bonchev–Trinajstić information content (AvgIpc) is 2.80. The highest BCUT2D eigenvalue weighted by Gasteiger charge is 2.26. The van der Waals surface area contributed by atoms with Gasteiger partial charge in [-0.05, 0) is 35.4 Å². The molecule has 0 atom stereocenters. The molecule has 0 spiro atoms. The van der Waals surface area contributed by atoms with Crippen molar-refractivity contribution in [1.82, 2.24) is 9.73 Å². The molecule has 0 aliphatic rings. The monoisotopic (exact) mass is 450 g/mol. The Labute approximate surface area is 189 Å². The Hall–Kier alpha value is -3.49. The van der Waals surface area contributed by atoms with Gasteiger partial charge < -0.3 is 4.90 Å². The van der Waals surface area contributed by atoms with E-state index in [2.05, 4.69) is 10.5 Å². The van der Waals surface area contributed by atoms with Crippen LogP contribution in [0.5, 0.6) is 0 Å². The lowest BCUT2D eigenvalue weighted by atomic mass is 10.2. The van der Waals surface area contributed by atoms with E-state index in [1.807, 2.05) is 73.6 Å². The summed E-state index contributed by atoms with van der Waals surface area (Å²) in [5.74, 6) is -0.526. The fraction of sp³-hybridized carbons (Fsp3) is 0.167. The molecule has 32 heavy (non-hydrogen) atoms. The van der Waals surface area contributed by atoms with Crippen LogP contribution in [0.4, 0.5) is 5.69 Å². The molecule has 166 valence electrons. The lowest BCUT2D eigenvalue weighted by Gasteiger charge is -2.21. The predicted octanol–water partition coefficient (Wildman–Crippen LogP) is 3.09. The normalized spacial score (nSPS) is 11.6. The van der Waals surface area contributed by atoms with E-state index in [1.54, 1.807) is 18.2 Å². The summed E-state index contributed by atoms with van der Waals surface area (Å²) in [7, 11) is 0.0363. The van der Waals surface area contributed by atoms with Gasteiger partial charge >= 0.3 is 0 Å². The van der Waals surface area contributed by atoms with Gasteiger partial charge in [-0.2, -0.15) is 9.41 Å². The molecule has 0 aliphatic heterocycles. The Morgan fingerprint density at radius 2 is 1.50 bits per heavy atom. The molecule has 0 fully saturated rings. The van der Waals surface area contributed by atoms with Crippen molar-refractivity contribution in [2.24, 2.45) is 5.10 Å². The van der Waals surface area contributed by atoms with Gasteiger partial charge in [0.1, 0.15) is 0 Å². The van der Waals surface area contributed by atoms with Gasteiger partial charge in [0.25, 0.3) is 5.91 Å². The number of nitrogens with zero attached hydrogens (tertiary/aromatic N) is 3. The predicted molar refractivity (Wildman–Crippen MR) is 127 cm³/mol. The van der Waals surface area contributed by atoms with E-state index in [0.29, 0.717) is 0 Å². The van der Waals surface area contributed by atoms with Gasteiger partial charge in [0.15, 0.2) is 0 Å². The molecule has 0 heterocycles. The van der Waals surface area contributed by atoms with Gasteiger partial charge in [0.05, 0.1) is 17.7 Å². The lowest BCUT2D eigenvalue weighted by Crippen LogP contribution is -2.39. The summed E-state index contributed by atoms with van der Waals surface area (Å²) in [6.45, 7) is -0.287. The highest BCUT2D eigenvalue weighted by molar-refractivity contribution is 7.89. The van der Waals surface area contributed by atoms with Crippen LogP contribution in [0.2, 0.25) is 0 Å². The number of rotatable bonds is 9. The standard InChI is InChI=1S/C24H26N4O3S/c1-27(2)22-15-13-20(14-16-22)17-25-26-24(29)19-28(18-21-9-5-3-6-10-21)32(30,31)23-11-7-4-8-12-23/h3-17H,18-19H2,1-2H3,(H,26,29)/b25-17-. The summed E-state index contributed by atoms with van der Waals surface area (Å²) in [6.07, 6.45) is 1.52. The highest BCUT2D eigenvalue weighted by atomic mass is 32.2. The average molecular weight is 451 g/mol. The number of benzene rings is 3. The van der Waals surface area contributed by atoms with Gasteiger partial charge in [-0.1, -0.05) is 60.7 Å². The molecule has 0 saturated heterocycles.